The average Bonchev–Trinajstić information content (AvgIpc) is 2.31. The summed E-state index contributed by atoms with van der Waals surface area (Å²) in [5.41, 5.74) is 0.0822. The van der Waals surface area contributed by atoms with Gasteiger partial charge in [0.15, 0.2) is 11.8 Å². The number of aliphatic hydroxyl groups excluding tert-OH is 2. The van der Waals surface area contributed by atoms with Crippen LogP contribution >= 0.6 is 0 Å². The van der Waals surface area contributed by atoms with E-state index in [0.717, 1.165) is 0 Å². The van der Waals surface area contributed by atoms with E-state index in [1.807, 2.05) is 27.7 Å². The molecule has 0 saturated heterocycles. The van der Waals surface area contributed by atoms with Crippen molar-refractivity contribution in [3.05, 3.63) is 11.3 Å². The third kappa shape index (κ3) is 4.66. The van der Waals surface area contributed by atoms with Crippen molar-refractivity contribution in [1.82, 2.24) is 0 Å². The number of aliphatic carboxylic acids is 1. The Morgan fingerprint density at radius 3 is 2.32 bits per heavy atom. The fourth-order valence-corrected chi connectivity index (χ4v) is 2.58. The van der Waals surface area contributed by atoms with Crippen molar-refractivity contribution < 1.29 is 24.9 Å². The molecule has 0 aliphatic heterocycles. The number of carbonyl (C=O) groups is 2. The first-order chi connectivity index (χ1) is 10.1. The molecule has 0 radical (unpaired) electrons. The standard InChI is InChI=1S/C16H25NO5/c1-9(2)5-10(17-11(8-18)15(21)22)14-12(19)6-16(3,4)7-13(14)20/h9,11,18-19H,5-8H2,1-4H3,(H,21,22)/t11-/m1/s1. The molecule has 0 bridgehead atoms. The second kappa shape index (κ2) is 7.05. The topological polar surface area (TPSA) is 107 Å². The van der Waals surface area contributed by atoms with Crippen LogP contribution in [0.5, 0.6) is 0 Å². The second-order valence-electron chi connectivity index (χ2n) is 6.97. The fraction of sp³-hybridized carbons (Fsp3) is 0.688. The minimum Gasteiger partial charge on any atom is -0.511 e. The van der Waals surface area contributed by atoms with E-state index in [0.29, 0.717) is 12.8 Å². The largest absolute Gasteiger partial charge is 0.511 e. The highest BCUT2D eigenvalue weighted by Crippen LogP contribution is 2.36. The second-order valence-corrected chi connectivity index (χ2v) is 6.97. The fourth-order valence-electron chi connectivity index (χ4n) is 2.58. The van der Waals surface area contributed by atoms with E-state index >= 15 is 0 Å². The van der Waals surface area contributed by atoms with Gasteiger partial charge in [-0.2, -0.15) is 0 Å². The Kier molecular flexibility index (Phi) is 5.88. The molecule has 1 aliphatic carbocycles. The van der Waals surface area contributed by atoms with E-state index < -0.39 is 18.6 Å². The monoisotopic (exact) mass is 311 g/mol. The number of carbonyl (C=O) groups excluding carboxylic acids is 1. The van der Waals surface area contributed by atoms with Crippen LogP contribution in [0.25, 0.3) is 0 Å². The number of allylic oxidation sites excluding steroid dienone is 2. The van der Waals surface area contributed by atoms with Gasteiger partial charge in [-0.1, -0.05) is 27.7 Å². The zero-order valence-corrected chi connectivity index (χ0v) is 13.6. The molecule has 3 N–H and O–H groups in total. The van der Waals surface area contributed by atoms with Crippen LogP contribution in [0.3, 0.4) is 0 Å². The summed E-state index contributed by atoms with van der Waals surface area (Å²) in [6, 6.07) is -1.32. The molecule has 0 unspecified atom stereocenters. The summed E-state index contributed by atoms with van der Waals surface area (Å²) in [6.45, 7) is 6.97. The van der Waals surface area contributed by atoms with Crippen molar-refractivity contribution in [2.24, 2.45) is 16.3 Å². The van der Waals surface area contributed by atoms with Crippen LogP contribution in [0.2, 0.25) is 0 Å². The first-order valence-corrected chi connectivity index (χ1v) is 7.43. The Morgan fingerprint density at radius 2 is 1.91 bits per heavy atom. The molecule has 0 saturated carbocycles. The lowest BCUT2D eigenvalue weighted by molar-refractivity contribution is -0.139. The molecular formula is C16H25NO5. The van der Waals surface area contributed by atoms with Crippen LogP contribution in [0, 0.1) is 11.3 Å². The van der Waals surface area contributed by atoms with Crippen LogP contribution in [0.15, 0.2) is 16.3 Å². The molecule has 0 heterocycles. The van der Waals surface area contributed by atoms with Crippen LogP contribution in [0.1, 0.15) is 47.0 Å². The van der Waals surface area contributed by atoms with E-state index in [-0.39, 0.29) is 40.6 Å². The van der Waals surface area contributed by atoms with Crippen LogP contribution in [-0.4, -0.2) is 45.4 Å². The zero-order valence-electron chi connectivity index (χ0n) is 13.6. The molecule has 1 rings (SSSR count). The molecule has 0 aromatic carbocycles. The Hall–Kier alpha value is -1.69. The maximum atomic E-state index is 12.4. The Labute approximate surface area is 130 Å². The molecule has 0 aromatic heterocycles. The van der Waals surface area contributed by atoms with Crippen LogP contribution in [-0.2, 0) is 9.59 Å². The highest BCUT2D eigenvalue weighted by atomic mass is 16.4. The molecule has 124 valence electrons. The van der Waals surface area contributed by atoms with Gasteiger partial charge in [-0.3, -0.25) is 9.79 Å². The summed E-state index contributed by atoms with van der Waals surface area (Å²) in [5.74, 6) is -1.39. The summed E-state index contributed by atoms with van der Waals surface area (Å²) < 4.78 is 0. The van der Waals surface area contributed by atoms with E-state index in [9.17, 15) is 14.7 Å². The normalized spacial score (nSPS) is 20.5. The predicted octanol–water partition coefficient (Wildman–Crippen LogP) is 2.12. The molecule has 22 heavy (non-hydrogen) atoms. The number of Topliss-reactive ketones (excluding diaryl/α,β-unsaturated/α-hetero) is 1. The minimum absolute atomic E-state index is 0.0391. The van der Waals surface area contributed by atoms with Crippen molar-refractivity contribution in [3.8, 4) is 0 Å². The quantitative estimate of drug-likeness (QED) is 0.651. The Balaban J connectivity index is 3.30. The summed E-state index contributed by atoms with van der Waals surface area (Å²) in [6.07, 6.45) is 0.998. The van der Waals surface area contributed by atoms with Gasteiger partial charge in [-0.25, -0.2) is 4.79 Å². The number of hydrogen-bond acceptors (Lipinski definition) is 5. The van der Waals surface area contributed by atoms with Gasteiger partial charge in [-0.15, -0.1) is 0 Å². The zero-order chi connectivity index (χ0) is 17.1. The molecule has 1 aliphatic rings. The molecule has 6 heteroatoms. The predicted molar refractivity (Wildman–Crippen MR) is 83.1 cm³/mol. The Bertz CT molecular complexity index is 517. The molecule has 0 amide bonds. The highest BCUT2D eigenvalue weighted by molar-refractivity contribution is 6.23. The SMILES string of the molecule is CC(C)CC(=N[C@H](CO)C(=O)O)C1=C(O)CC(C)(C)CC1=O. The van der Waals surface area contributed by atoms with Crippen LogP contribution in [0.4, 0.5) is 0 Å². The Morgan fingerprint density at radius 1 is 1.32 bits per heavy atom. The third-order valence-corrected chi connectivity index (χ3v) is 3.51. The number of aliphatic imine (C=N–C) groups is 1. The molecule has 1 atom stereocenters. The summed E-state index contributed by atoms with van der Waals surface area (Å²) in [4.78, 5) is 27.5. The average molecular weight is 311 g/mol. The van der Waals surface area contributed by atoms with E-state index in [1.165, 1.54) is 0 Å². The van der Waals surface area contributed by atoms with E-state index in [2.05, 4.69) is 4.99 Å². The minimum atomic E-state index is -1.32. The third-order valence-electron chi connectivity index (χ3n) is 3.51. The maximum Gasteiger partial charge on any atom is 0.330 e. The van der Waals surface area contributed by atoms with Gasteiger partial charge in [0, 0.05) is 12.8 Å². The van der Waals surface area contributed by atoms with Crippen molar-refractivity contribution in [2.75, 3.05) is 6.61 Å². The summed E-state index contributed by atoms with van der Waals surface area (Å²) in [5, 5.41) is 28.4. The number of carboxylic acids is 1. The van der Waals surface area contributed by atoms with Crippen LogP contribution < -0.4 is 0 Å². The van der Waals surface area contributed by atoms with Gasteiger partial charge < -0.3 is 15.3 Å². The molecule has 6 nitrogen and oxygen atoms in total. The smallest absolute Gasteiger partial charge is 0.330 e. The molecular weight excluding hydrogens is 286 g/mol. The summed E-state index contributed by atoms with van der Waals surface area (Å²) >= 11 is 0. The van der Waals surface area contributed by atoms with Crippen molar-refractivity contribution in [2.45, 2.75) is 53.0 Å². The van der Waals surface area contributed by atoms with Gasteiger partial charge in [0.1, 0.15) is 5.76 Å². The first-order valence-electron chi connectivity index (χ1n) is 7.43. The van der Waals surface area contributed by atoms with Gasteiger partial charge in [0.25, 0.3) is 0 Å². The van der Waals surface area contributed by atoms with E-state index in [1.54, 1.807) is 0 Å². The summed E-state index contributed by atoms with van der Waals surface area (Å²) in [7, 11) is 0. The number of hydrogen-bond donors (Lipinski definition) is 3. The number of nitrogens with zero attached hydrogens (tertiary/aromatic N) is 1. The number of aliphatic hydroxyl groups is 2. The lowest BCUT2D eigenvalue weighted by Crippen LogP contribution is -2.31. The highest BCUT2D eigenvalue weighted by Gasteiger charge is 2.35. The molecule has 0 fully saturated rings. The van der Waals surface area contributed by atoms with Crippen molar-refractivity contribution in [1.29, 1.82) is 0 Å². The van der Waals surface area contributed by atoms with Gasteiger partial charge in [-0.05, 0) is 17.8 Å². The molecule has 0 spiro atoms. The lowest BCUT2D eigenvalue weighted by Gasteiger charge is -2.30. The lowest BCUT2D eigenvalue weighted by atomic mass is 9.75. The van der Waals surface area contributed by atoms with Gasteiger partial charge in [0.05, 0.1) is 17.9 Å². The first kappa shape index (κ1) is 18.4. The van der Waals surface area contributed by atoms with E-state index in [4.69, 9.17) is 10.2 Å². The molecule has 0 aromatic rings. The van der Waals surface area contributed by atoms with Crippen molar-refractivity contribution in [3.63, 3.8) is 0 Å². The maximum absolute atomic E-state index is 12.4. The van der Waals surface area contributed by atoms with Gasteiger partial charge in [0.2, 0.25) is 0 Å². The number of carboxylic acid groups (broad SMARTS) is 1. The number of rotatable bonds is 6. The number of ketones is 1. The van der Waals surface area contributed by atoms with Gasteiger partial charge >= 0.3 is 5.97 Å². The van der Waals surface area contributed by atoms with Crippen molar-refractivity contribution >= 4 is 17.5 Å².